The third-order valence-electron chi connectivity index (χ3n) is 3.42. The fourth-order valence-electron chi connectivity index (χ4n) is 2.10. The summed E-state index contributed by atoms with van der Waals surface area (Å²) in [4.78, 5) is 12.0. The molecule has 5 nitrogen and oxygen atoms in total. The Morgan fingerprint density at radius 3 is 2.59 bits per heavy atom. The van der Waals surface area contributed by atoms with Crippen LogP contribution in [0.2, 0.25) is 0 Å². The van der Waals surface area contributed by atoms with E-state index in [9.17, 15) is 13.2 Å². The molecule has 0 radical (unpaired) electrons. The number of sulfone groups is 1. The van der Waals surface area contributed by atoms with Gasteiger partial charge in [0.25, 0.3) is 0 Å². The second kappa shape index (κ2) is 5.82. The fraction of sp³-hybridized carbons (Fsp3) is 0.909. The third kappa shape index (κ3) is 3.67. The Labute approximate surface area is 103 Å². The lowest BCUT2D eigenvalue weighted by Gasteiger charge is -2.26. The van der Waals surface area contributed by atoms with Crippen LogP contribution in [0, 0.1) is 0 Å². The minimum atomic E-state index is -3.00. The highest BCUT2D eigenvalue weighted by Crippen LogP contribution is 2.22. The maximum Gasteiger partial charge on any atom is 0.240 e. The van der Waals surface area contributed by atoms with Crippen molar-refractivity contribution in [3.05, 3.63) is 0 Å². The van der Waals surface area contributed by atoms with E-state index >= 15 is 0 Å². The van der Waals surface area contributed by atoms with Gasteiger partial charge in [0.1, 0.15) is 0 Å². The zero-order chi connectivity index (χ0) is 12.9. The van der Waals surface area contributed by atoms with Gasteiger partial charge in [0.2, 0.25) is 5.91 Å². The van der Waals surface area contributed by atoms with Crippen LogP contribution < -0.4 is 10.6 Å². The third-order valence-corrected chi connectivity index (χ3v) is 5.13. The van der Waals surface area contributed by atoms with Gasteiger partial charge >= 0.3 is 0 Å². The van der Waals surface area contributed by atoms with Crippen molar-refractivity contribution < 1.29 is 13.2 Å². The standard InChI is InChI=1S/C11H22N2O3S/c1-3-11(6-5-7-13-11)10(14)12-8-9-17(15,16)4-2/h13H,3-9H2,1-2H3,(H,12,14). The van der Waals surface area contributed by atoms with Crippen molar-refractivity contribution in [1.82, 2.24) is 10.6 Å². The number of hydrogen-bond donors (Lipinski definition) is 2. The van der Waals surface area contributed by atoms with Crippen LogP contribution in [0.3, 0.4) is 0 Å². The average Bonchev–Trinajstić information content (AvgIpc) is 2.78. The van der Waals surface area contributed by atoms with Crippen molar-refractivity contribution in [1.29, 1.82) is 0 Å². The molecule has 0 aliphatic carbocycles. The minimum absolute atomic E-state index is 0.0229. The Bertz CT molecular complexity index is 359. The monoisotopic (exact) mass is 262 g/mol. The molecular formula is C11H22N2O3S. The van der Waals surface area contributed by atoms with Gasteiger partial charge in [-0.25, -0.2) is 8.42 Å². The summed E-state index contributed by atoms with van der Waals surface area (Å²) in [5.41, 5.74) is -0.476. The normalized spacial score (nSPS) is 24.8. The van der Waals surface area contributed by atoms with E-state index in [1.54, 1.807) is 6.92 Å². The van der Waals surface area contributed by atoms with Crippen LogP contribution in [0.1, 0.15) is 33.1 Å². The molecule has 1 atom stereocenters. The summed E-state index contributed by atoms with van der Waals surface area (Å²) in [7, 11) is -3.00. The van der Waals surface area contributed by atoms with Gasteiger partial charge in [0.15, 0.2) is 9.84 Å². The predicted octanol–water partition coefficient (Wildman–Crippen LogP) is 0.0695. The molecule has 0 bridgehead atoms. The number of rotatable bonds is 6. The number of hydrogen-bond acceptors (Lipinski definition) is 4. The Kier molecular flexibility index (Phi) is 4.94. The van der Waals surface area contributed by atoms with E-state index in [1.807, 2.05) is 6.92 Å². The summed E-state index contributed by atoms with van der Waals surface area (Å²) in [5.74, 6) is 0.0820. The Balaban J connectivity index is 2.44. The van der Waals surface area contributed by atoms with Gasteiger partial charge < -0.3 is 10.6 Å². The van der Waals surface area contributed by atoms with Crippen LogP contribution in [0.5, 0.6) is 0 Å². The van der Waals surface area contributed by atoms with Crippen LogP contribution >= 0.6 is 0 Å². The first-order valence-corrected chi connectivity index (χ1v) is 8.01. The molecule has 1 aliphatic rings. The SMILES string of the molecule is CCC1(C(=O)NCCS(=O)(=O)CC)CCCN1. The molecule has 1 rings (SSSR count). The molecule has 1 fully saturated rings. The maximum atomic E-state index is 12.0. The lowest BCUT2D eigenvalue weighted by Crippen LogP contribution is -2.53. The molecule has 17 heavy (non-hydrogen) atoms. The molecule has 0 aromatic carbocycles. The van der Waals surface area contributed by atoms with E-state index < -0.39 is 15.4 Å². The molecule has 1 unspecified atom stereocenters. The van der Waals surface area contributed by atoms with E-state index in [0.717, 1.165) is 25.8 Å². The smallest absolute Gasteiger partial charge is 0.240 e. The highest BCUT2D eigenvalue weighted by atomic mass is 32.2. The lowest BCUT2D eigenvalue weighted by molar-refractivity contribution is -0.127. The quantitative estimate of drug-likeness (QED) is 0.710. The topological polar surface area (TPSA) is 75.3 Å². The van der Waals surface area contributed by atoms with Crippen LogP contribution in [0.15, 0.2) is 0 Å². The maximum absolute atomic E-state index is 12.0. The fourth-order valence-corrected chi connectivity index (χ4v) is 2.80. The van der Waals surface area contributed by atoms with Crippen LogP contribution in [-0.2, 0) is 14.6 Å². The van der Waals surface area contributed by atoms with E-state index in [1.165, 1.54) is 0 Å². The van der Waals surface area contributed by atoms with Crippen molar-refractivity contribution >= 4 is 15.7 Å². The van der Waals surface area contributed by atoms with Crippen molar-refractivity contribution in [3.8, 4) is 0 Å². The van der Waals surface area contributed by atoms with Crippen molar-refractivity contribution in [2.45, 2.75) is 38.6 Å². The molecule has 0 aromatic rings. The van der Waals surface area contributed by atoms with E-state index in [2.05, 4.69) is 10.6 Å². The molecule has 1 heterocycles. The highest BCUT2D eigenvalue weighted by molar-refractivity contribution is 7.91. The minimum Gasteiger partial charge on any atom is -0.353 e. The summed E-state index contributed by atoms with van der Waals surface area (Å²) in [6, 6.07) is 0. The first kappa shape index (κ1) is 14.4. The van der Waals surface area contributed by atoms with Gasteiger partial charge in [0.05, 0.1) is 11.3 Å². The van der Waals surface area contributed by atoms with E-state index in [4.69, 9.17) is 0 Å². The van der Waals surface area contributed by atoms with Gasteiger partial charge in [-0.2, -0.15) is 0 Å². The Morgan fingerprint density at radius 1 is 1.41 bits per heavy atom. The van der Waals surface area contributed by atoms with Gasteiger partial charge in [-0.3, -0.25) is 4.79 Å². The Morgan fingerprint density at radius 2 is 2.12 bits per heavy atom. The Hall–Kier alpha value is -0.620. The molecule has 0 spiro atoms. The zero-order valence-electron chi connectivity index (χ0n) is 10.6. The van der Waals surface area contributed by atoms with Gasteiger partial charge in [-0.15, -0.1) is 0 Å². The number of amides is 1. The number of carbonyl (C=O) groups is 1. The molecule has 0 aromatic heterocycles. The van der Waals surface area contributed by atoms with Gasteiger partial charge in [-0.05, 0) is 25.8 Å². The van der Waals surface area contributed by atoms with Crippen LogP contribution in [-0.4, -0.2) is 44.5 Å². The average molecular weight is 262 g/mol. The summed E-state index contributed by atoms with van der Waals surface area (Å²) in [6.45, 7) is 4.65. The molecule has 1 amide bonds. The van der Waals surface area contributed by atoms with Gasteiger partial charge in [0, 0.05) is 12.3 Å². The first-order chi connectivity index (χ1) is 7.96. The lowest BCUT2D eigenvalue weighted by atomic mass is 9.93. The molecule has 1 aliphatic heterocycles. The molecular weight excluding hydrogens is 240 g/mol. The second-order valence-corrected chi connectivity index (χ2v) is 6.93. The largest absolute Gasteiger partial charge is 0.353 e. The first-order valence-electron chi connectivity index (χ1n) is 6.19. The summed E-state index contributed by atoms with van der Waals surface area (Å²) in [5, 5.41) is 5.95. The van der Waals surface area contributed by atoms with Crippen molar-refractivity contribution in [2.24, 2.45) is 0 Å². The second-order valence-electron chi connectivity index (χ2n) is 4.46. The van der Waals surface area contributed by atoms with Crippen molar-refractivity contribution in [3.63, 3.8) is 0 Å². The highest BCUT2D eigenvalue weighted by Gasteiger charge is 2.38. The van der Waals surface area contributed by atoms with E-state index in [-0.39, 0.29) is 24.0 Å². The molecule has 1 saturated heterocycles. The number of carbonyl (C=O) groups excluding carboxylic acids is 1. The predicted molar refractivity (Wildman–Crippen MR) is 67.6 cm³/mol. The summed E-state index contributed by atoms with van der Waals surface area (Å²) in [6.07, 6.45) is 2.56. The van der Waals surface area contributed by atoms with Crippen LogP contribution in [0.25, 0.3) is 0 Å². The van der Waals surface area contributed by atoms with Gasteiger partial charge in [-0.1, -0.05) is 13.8 Å². The molecule has 2 N–H and O–H groups in total. The van der Waals surface area contributed by atoms with Crippen molar-refractivity contribution in [2.75, 3.05) is 24.6 Å². The molecule has 0 saturated carbocycles. The molecule has 6 heteroatoms. The summed E-state index contributed by atoms with van der Waals surface area (Å²) < 4.78 is 22.6. The van der Waals surface area contributed by atoms with E-state index in [0.29, 0.717) is 0 Å². The number of nitrogens with one attached hydrogen (secondary N) is 2. The van der Waals surface area contributed by atoms with Crippen LogP contribution in [0.4, 0.5) is 0 Å². The molecule has 100 valence electrons. The zero-order valence-corrected chi connectivity index (χ0v) is 11.4. The summed E-state index contributed by atoms with van der Waals surface area (Å²) >= 11 is 0.